The van der Waals surface area contributed by atoms with Crippen molar-refractivity contribution >= 4 is 29.9 Å². The topological polar surface area (TPSA) is 111 Å². The Labute approximate surface area is 177 Å². The van der Waals surface area contributed by atoms with E-state index in [2.05, 4.69) is 44.7 Å². The first kappa shape index (κ1) is 23.4. The number of nitrogens with one attached hydrogen (secondary N) is 3. The van der Waals surface area contributed by atoms with Crippen molar-refractivity contribution in [3.63, 3.8) is 0 Å². The second-order valence-electron chi connectivity index (χ2n) is 6.36. The summed E-state index contributed by atoms with van der Waals surface area (Å²) in [5.74, 6) is 2.42. The summed E-state index contributed by atoms with van der Waals surface area (Å²) in [6, 6.07) is 3.61. The summed E-state index contributed by atoms with van der Waals surface area (Å²) in [4.78, 5) is 8.90. The van der Waals surface area contributed by atoms with Gasteiger partial charge in [-0.2, -0.15) is 0 Å². The predicted octanol–water partition coefficient (Wildman–Crippen LogP) is 3.07. The maximum atomic E-state index is 10.7. The average Bonchev–Trinajstić information content (AvgIpc) is 3.29. The van der Waals surface area contributed by atoms with E-state index in [-0.39, 0.29) is 24.0 Å². The summed E-state index contributed by atoms with van der Waals surface area (Å²) in [7, 11) is 0. The molecule has 0 aliphatic carbocycles. The number of halogens is 1. The van der Waals surface area contributed by atoms with Crippen LogP contribution in [0.3, 0.4) is 0 Å². The van der Waals surface area contributed by atoms with Crippen LogP contribution in [0.25, 0.3) is 11.6 Å². The van der Waals surface area contributed by atoms with Gasteiger partial charge >= 0.3 is 0 Å². The van der Waals surface area contributed by atoms with E-state index in [4.69, 9.17) is 4.42 Å². The predicted molar refractivity (Wildman–Crippen MR) is 117 cm³/mol. The number of hydrogen-bond donors (Lipinski definition) is 4. The van der Waals surface area contributed by atoms with Gasteiger partial charge in [0, 0.05) is 13.1 Å². The Bertz CT molecular complexity index is 665. The van der Waals surface area contributed by atoms with E-state index < -0.39 is 5.60 Å². The van der Waals surface area contributed by atoms with Gasteiger partial charge in [0.1, 0.15) is 12.4 Å². The zero-order valence-corrected chi connectivity index (χ0v) is 18.6. The van der Waals surface area contributed by atoms with Gasteiger partial charge in [-0.25, -0.2) is 9.98 Å². The van der Waals surface area contributed by atoms with Crippen LogP contribution in [0, 0.1) is 0 Å². The Hall–Kier alpha value is -1.62. The molecule has 8 nitrogen and oxygen atoms in total. The van der Waals surface area contributed by atoms with Gasteiger partial charge in [0.2, 0.25) is 5.82 Å². The van der Waals surface area contributed by atoms with Crippen molar-refractivity contribution < 1.29 is 9.52 Å². The van der Waals surface area contributed by atoms with Crippen LogP contribution in [0.4, 0.5) is 0 Å². The third kappa shape index (κ3) is 7.49. The highest BCUT2D eigenvalue weighted by molar-refractivity contribution is 14.0. The van der Waals surface area contributed by atoms with Crippen LogP contribution in [-0.4, -0.2) is 44.9 Å². The minimum atomic E-state index is -0.710. The molecule has 4 N–H and O–H groups in total. The molecule has 0 amide bonds. The Morgan fingerprint density at radius 1 is 1.26 bits per heavy atom. The van der Waals surface area contributed by atoms with Crippen LogP contribution < -0.4 is 10.6 Å². The summed E-state index contributed by atoms with van der Waals surface area (Å²) < 4.78 is 5.29. The molecule has 2 heterocycles. The fourth-order valence-electron chi connectivity index (χ4n) is 2.86. The van der Waals surface area contributed by atoms with Crippen molar-refractivity contribution in [3.8, 4) is 11.6 Å². The molecule has 27 heavy (non-hydrogen) atoms. The van der Waals surface area contributed by atoms with Gasteiger partial charge in [0.25, 0.3) is 0 Å². The van der Waals surface area contributed by atoms with E-state index in [9.17, 15) is 5.11 Å². The molecule has 0 saturated carbocycles. The highest BCUT2D eigenvalue weighted by atomic mass is 127. The second kappa shape index (κ2) is 12.0. The SMILES string of the molecule is CCCC(O)(CCC)CNC(=NCc1nc(-c2ccco2)n[nH]1)NCC.I. The molecule has 0 bridgehead atoms. The molecular weight excluding hydrogens is 459 g/mol. The van der Waals surface area contributed by atoms with Crippen molar-refractivity contribution in [3.05, 3.63) is 24.2 Å². The number of hydrogen-bond acceptors (Lipinski definition) is 5. The molecule has 2 aromatic rings. The first-order chi connectivity index (χ1) is 12.6. The molecule has 2 aromatic heterocycles. The van der Waals surface area contributed by atoms with E-state index in [1.165, 1.54) is 0 Å². The van der Waals surface area contributed by atoms with E-state index in [0.29, 0.717) is 36.5 Å². The minimum absolute atomic E-state index is 0. The molecule has 2 rings (SSSR count). The van der Waals surface area contributed by atoms with Crippen molar-refractivity contribution in [2.24, 2.45) is 4.99 Å². The number of aromatic amines is 1. The highest BCUT2D eigenvalue weighted by Gasteiger charge is 2.24. The van der Waals surface area contributed by atoms with Crippen LogP contribution in [-0.2, 0) is 6.54 Å². The highest BCUT2D eigenvalue weighted by Crippen LogP contribution is 2.18. The summed E-state index contributed by atoms with van der Waals surface area (Å²) in [6.45, 7) is 7.73. The van der Waals surface area contributed by atoms with E-state index in [1.54, 1.807) is 12.3 Å². The third-order valence-electron chi connectivity index (χ3n) is 4.02. The van der Waals surface area contributed by atoms with Crippen LogP contribution in [0.1, 0.15) is 52.3 Å². The lowest BCUT2D eigenvalue weighted by molar-refractivity contribution is 0.0257. The number of aliphatic hydroxyl groups is 1. The zero-order valence-electron chi connectivity index (χ0n) is 16.3. The quantitative estimate of drug-likeness (QED) is 0.232. The van der Waals surface area contributed by atoms with E-state index in [1.807, 2.05) is 13.0 Å². The molecule has 0 unspecified atom stereocenters. The van der Waals surface area contributed by atoms with Gasteiger partial charge < -0.3 is 20.2 Å². The van der Waals surface area contributed by atoms with Crippen molar-refractivity contribution in [2.45, 2.75) is 58.6 Å². The summed E-state index contributed by atoms with van der Waals surface area (Å²) >= 11 is 0. The summed E-state index contributed by atoms with van der Waals surface area (Å²) in [6.07, 6.45) is 5.01. The Balaban J connectivity index is 0.00000364. The van der Waals surface area contributed by atoms with E-state index >= 15 is 0 Å². The van der Waals surface area contributed by atoms with Gasteiger partial charge in [-0.1, -0.05) is 26.7 Å². The second-order valence-corrected chi connectivity index (χ2v) is 6.36. The molecule has 0 aromatic carbocycles. The van der Waals surface area contributed by atoms with Crippen LogP contribution in [0.5, 0.6) is 0 Å². The molecule has 0 spiro atoms. The average molecular weight is 490 g/mol. The first-order valence-electron chi connectivity index (χ1n) is 9.30. The van der Waals surface area contributed by atoms with Gasteiger partial charge in [-0.3, -0.25) is 5.10 Å². The fraction of sp³-hybridized carbons (Fsp3) is 0.611. The monoisotopic (exact) mass is 490 g/mol. The van der Waals surface area contributed by atoms with Gasteiger partial charge in [-0.05, 0) is 31.9 Å². The van der Waals surface area contributed by atoms with Gasteiger partial charge in [0.15, 0.2) is 11.7 Å². The Morgan fingerprint density at radius 2 is 2.00 bits per heavy atom. The Kier molecular flexibility index (Phi) is 10.4. The molecule has 0 atom stereocenters. The van der Waals surface area contributed by atoms with Crippen LogP contribution in [0.2, 0.25) is 0 Å². The standard InChI is InChI=1S/C18H30N6O2.HI/c1-4-9-18(25,10-5-2)13-21-17(19-6-3)20-12-15-22-16(24-23-15)14-8-7-11-26-14;/h7-8,11,25H,4-6,9-10,12-13H2,1-3H3,(H2,19,20,21)(H,22,23,24);1H. The number of guanidine groups is 1. The number of nitrogens with zero attached hydrogens (tertiary/aromatic N) is 3. The smallest absolute Gasteiger partial charge is 0.216 e. The molecule has 0 radical (unpaired) electrons. The normalized spacial score (nSPS) is 11.9. The van der Waals surface area contributed by atoms with E-state index in [0.717, 1.165) is 32.2 Å². The van der Waals surface area contributed by atoms with Gasteiger partial charge in [0.05, 0.1) is 11.9 Å². The van der Waals surface area contributed by atoms with Crippen molar-refractivity contribution in [1.82, 2.24) is 25.8 Å². The number of furan rings is 1. The maximum absolute atomic E-state index is 10.7. The Morgan fingerprint density at radius 3 is 2.59 bits per heavy atom. The molecule has 0 saturated heterocycles. The van der Waals surface area contributed by atoms with Crippen molar-refractivity contribution in [2.75, 3.05) is 13.1 Å². The van der Waals surface area contributed by atoms with Gasteiger partial charge in [-0.15, -0.1) is 29.1 Å². The zero-order chi connectivity index (χ0) is 18.8. The number of aliphatic imine (C=N–C) groups is 1. The molecule has 0 aliphatic rings. The molecule has 0 fully saturated rings. The number of H-pyrrole nitrogens is 1. The molecule has 152 valence electrons. The molecule has 0 aliphatic heterocycles. The fourth-order valence-corrected chi connectivity index (χ4v) is 2.86. The number of aromatic nitrogens is 3. The summed E-state index contributed by atoms with van der Waals surface area (Å²) in [5, 5.41) is 24.2. The van der Waals surface area contributed by atoms with Crippen LogP contribution in [0.15, 0.2) is 27.8 Å². The molecular formula is C18H31IN6O2. The van der Waals surface area contributed by atoms with Crippen molar-refractivity contribution in [1.29, 1.82) is 0 Å². The minimum Gasteiger partial charge on any atom is -0.461 e. The number of rotatable bonds is 10. The third-order valence-corrected chi connectivity index (χ3v) is 4.02. The lowest BCUT2D eigenvalue weighted by Crippen LogP contribution is -2.47. The first-order valence-corrected chi connectivity index (χ1v) is 9.30. The largest absolute Gasteiger partial charge is 0.461 e. The van der Waals surface area contributed by atoms with Crippen LogP contribution >= 0.6 is 24.0 Å². The lowest BCUT2D eigenvalue weighted by atomic mass is 9.93. The summed E-state index contributed by atoms with van der Waals surface area (Å²) in [5.41, 5.74) is -0.710. The maximum Gasteiger partial charge on any atom is 0.216 e. The molecule has 9 heteroatoms. The lowest BCUT2D eigenvalue weighted by Gasteiger charge is -2.28.